The van der Waals surface area contributed by atoms with E-state index >= 15 is 0 Å². The van der Waals surface area contributed by atoms with Crippen molar-refractivity contribution in [1.29, 1.82) is 0 Å². The van der Waals surface area contributed by atoms with Crippen molar-refractivity contribution in [3.05, 3.63) is 59.8 Å². The molecule has 0 aliphatic heterocycles. The van der Waals surface area contributed by atoms with Crippen LogP contribution in [0, 0.1) is 0 Å². The molecule has 0 aliphatic rings. The fraction of sp³-hybridized carbons (Fsp3) is 0.304. The van der Waals surface area contributed by atoms with Gasteiger partial charge in [-0.2, -0.15) is 18.3 Å². The van der Waals surface area contributed by atoms with E-state index < -0.39 is 18.5 Å². The van der Waals surface area contributed by atoms with E-state index in [9.17, 15) is 22.4 Å². The Kier molecular flexibility index (Phi) is 6.72. The van der Waals surface area contributed by atoms with Crippen molar-refractivity contribution in [3.63, 3.8) is 0 Å². The quantitative estimate of drug-likeness (QED) is 0.352. The molecule has 0 spiro atoms. The highest BCUT2D eigenvalue weighted by atomic mass is 19.4. The summed E-state index contributed by atoms with van der Waals surface area (Å²) in [4.78, 5) is 20.9. The first-order chi connectivity index (χ1) is 16.8. The van der Waals surface area contributed by atoms with E-state index in [2.05, 4.69) is 25.7 Å². The van der Waals surface area contributed by atoms with E-state index in [0.717, 1.165) is 16.4 Å². The number of nitrogens with zero attached hydrogens (tertiary/aromatic N) is 5. The third-order valence-corrected chi connectivity index (χ3v) is 5.38. The van der Waals surface area contributed by atoms with Crippen molar-refractivity contribution in [1.82, 2.24) is 29.5 Å². The van der Waals surface area contributed by atoms with Crippen LogP contribution in [0.2, 0.25) is 0 Å². The predicted molar refractivity (Wildman–Crippen MR) is 122 cm³/mol. The van der Waals surface area contributed by atoms with Crippen LogP contribution >= 0.6 is 0 Å². The van der Waals surface area contributed by atoms with Crippen LogP contribution in [0.15, 0.2) is 43.0 Å². The number of halogens is 4. The maximum atomic E-state index is 13.6. The molecule has 0 atom stereocenters. The van der Waals surface area contributed by atoms with Crippen LogP contribution in [-0.4, -0.2) is 43.3 Å². The van der Waals surface area contributed by atoms with Crippen molar-refractivity contribution in [2.24, 2.45) is 0 Å². The summed E-state index contributed by atoms with van der Waals surface area (Å²) in [5.74, 6) is 0.152. The van der Waals surface area contributed by atoms with Crippen LogP contribution < -0.4 is 10.6 Å². The van der Waals surface area contributed by atoms with Crippen LogP contribution in [0.4, 0.5) is 29.1 Å². The zero-order valence-corrected chi connectivity index (χ0v) is 19.0. The van der Waals surface area contributed by atoms with Gasteiger partial charge in [0.1, 0.15) is 6.67 Å². The van der Waals surface area contributed by atoms with E-state index in [0.29, 0.717) is 35.7 Å². The molecule has 3 heterocycles. The lowest BCUT2D eigenvalue weighted by atomic mass is 10.0. The Morgan fingerprint density at radius 2 is 1.97 bits per heavy atom. The van der Waals surface area contributed by atoms with Crippen molar-refractivity contribution >= 4 is 23.1 Å². The number of hydrogen-bond donors (Lipinski definition) is 2. The average Bonchev–Trinajstić information content (AvgIpc) is 3.44. The van der Waals surface area contributed by atoms with Gasteiger partial charge in [-0.1, -0.05) is 6.92 Å². The third kappa shape index (κ3) is 4.81. The summed E-state index contributed by atoms with van der Waals surface area (Å²) in [5.41, 5.74) is 1.14. The molecule has 0 saturated carbocycles. The fourth-order valence-corrected chi connectivity index (χ4v) is 3.80. The molecule has 0 aliphatic carbocycles. The number of aromatic nitrogens is 5. The first-order valence-electron chi connectivity index (χ1n) is 11.0. The monoisotopic (exact) mass is 489 g/mol. The molecule has 8 nitrogen and oxygen atoms in total. The summed E-state index contributed by atoms with van der Waals surface area (Å²) < 4.78 is 56.0. The van der Waals surface area contributed by atoms with Gasteiger partial charge in [-0.25, -0.2) is 14.4 Å². The number of carbonyl (C=O) groups is 1. The molecule has 35 heavy (non-hydrogen) atoms. The van der Waals surface area contributed by atoms with E-state index in [4.69, 9.17) is 0 Å². The number of carbonyl (C=O) groups excluding carboxylic acids is 1. The molecule has 0 saturated heterocycles. The largest absolute Gasteiger partial charge is 0.435 e. The molecule has 0 unspecified atom stereocenters. The maximum Gasteiger partial charge on any atom is 0.435 e. The van der Waals surface area contributed by atoms with Gasteiger partial charge in [0.2, 0.25) is 0 Å². The molecule has 0 radical (unpaired) electrons. The molecule has 12 heteroatoms. The second-order valence-corrected chi connectivity index (χ2v) is 7.66. The molecular formula is C23H23F4N7O. The molecule has 1 aromatic carbocycles. The average molecular weight is 489 g/mol. The minimum Gasteiger partial charge on any atom is -0.352 e. The number of anilines is 2. The standard InChI is InChI=1S/C23H23F4N7O/c1-3-14-11-15(5-6-16(14)22(35)28-4-2)31-20-21-30-12-18(34(21)10-8-29-20)17-13-33(9-7-24)32-19(17)23(25,26)27/h5-6,8,10-13H,3-4,7,9H2,1-2H3,(H,28,35)(H,29,31). The SMILES string of the molecule is CCNC(=O)c1ccc(Nc2nccn3c(-c4cn(CCF)nc4C(F)(F)F)cnc23)cc1CC. The summed E-state index contributed by atoms with van der Waals surface area (Å²) in [6, 6.07) is 5.25. The van der Waals surface area contributed by atoms with Gasteiger partial charge in [0.05, 0.1) is 24.0 Å². The van der Waals surface area contributed by atoms with Crippen LogP contribution in [0.25, 0.3) is 16.9 Å². The zero-order valence-electron chi connectivity index (χ0n) is 19.0. The van der Waals surface area contributed by atoms with E-state index in [1.165, 1.54) is 23.0 Å². The van der Waals surface area contributed by atoms with Gasteiger partial charge >= 0.3 is 6.18 Å². The van der Waals surface area contributed by atoms with E-state index in [1.54, 1.807) is 12.1 Å². The molecule has 1 amide bonds. The second-order valence-electron chi connectivity index (χ2n) is 7.66. The van der Waals surface area contributed by atoms with Gasteiger partial charge in [-0.05, 0) is 37.1 Å². The number of imidazole rings is 1. The minimum atomic E-state index is -4.72. The molecule has 0 bridgehead atoms. The highest BCUT2D eigenvalue weighted by Gasteiger charge is 2.38. The Morgan fingerprint density at radius 3 is 2.66 bits per heavy atom. The number of amides is 1. The van der Waals surface area contributed by atoms with Crippen LogP contribution in [-0.2, 0) is 19.1 Å². The van der Waals surface area contributed by atoms with E-state index in [-0.39, 0.29) is 23.7 Å². The van der Waals surface area contributed by atoms with Gasteiger partial charge in [0.25, 0.3) is 5.91 Å². The first-order valence-corrected chi connectivity index (χ1v) is 11.0. The predicted octanol–water partition coefficient (Wildman–Crippen LogP) is 4.64. The second kappa shape index (κ2) is 9.72. The number of aryl methyl sites for hydroxylation is 2. The van der Waals surface area contributed by atoms with Crippen molar-refractivity contribution < 1.29 is 22.4 Å². The van der Waals surface area contributed by atoms with Crippen molar-refractivity contribution in [3.8, 4) is 11.3 Å². The Bertz CT molecular complexity index is 1360. The molecule has 4 aromatic rings. The Hall–Kier alpha value is -3.96. The Morgan fingerprint density at radius 1 is 1.17 bits per heavy atom. The lowest BCUT2D eigenvalue weighted by Crippen LogP contribution is -2.23. The summed E-state index contributed by atoms with van der Waals surface area (Å²) in [5, 5.41) is 9.44. The van der Waals surface area contributed by atoms with Crippen LogP contribution in [0.3, 0.4) is 0 Å². The van der Waals surface area contributed by atoms with Gasteiger partial charge in [0.15, 0.2) is 17.2 Å². The minimum absolute atomic E-state index is 0.142. The van der Waals surface area contributed by atoms with Gasteiger partial charge in [-0.3, -0.25) is 13.9 Å². The molecule has 184 valence electrons. The number of fused-ring (bicyclic) bond motifs is 1. The summed E-state index contributed by atoms with van der Waals surface area (Å²) in [6.07, 6.45) is 1.28. The summed E-state index contributed by atoms with van der Waals surface area (Å²) >= 11 is 0. The molecule has 3 aromatic heterocycles. The molecule has 2 N–H and O–H groups in total. The number of nitrogens with one attached hydrogen (secondary N) is 2. The topological polar surface area (TPSA) is 89.1 Å². The summed E-state index contributed by atoms with van der Waals surface area (Å²) in [7, 11) is 0. The normalized spacial score (nSPS) is 11.7. The highest BCUT2D eigenvalue weighted by molar-refractivity contribution is 5.96. The molecular weight excluding hydrogens is 466 g/mol. The number of hydrogen-bond acceptors (Lipinski definition) is 5. The fourth-order valence-electron chi connectivity index (χ4n) is 3.80. The highest BCUT2D eigenvalue weighted by Crippen LogP contribution is 2.37. The maximum absolute atomic E-state index is 13.6. The van der Waals surface area contributed by atoms with Gasteiger partial charge in [0, 0.05) is 36.4 Å². The van der Waals surface area contributed by atoms with E-state index in [1.807, 2.05) is 19.9 Å². The zero-order chi connectivity index (χ0) is 25.2. The Balaban J connectivity index is 1.73. The third-order valence-electron chi connectivity index (χ3n) is 5.38. The van der Waals surface area contributed by atoms with Crippen LogP contribution in [0.1, 0.15) is 35.5 Å². The first kappa shape index (κ1) is 24.2. The summed E-state index contributed by atoms with van der Waals surface area (Å²) in [6.45, 7) is 3.15. The Labute approximate surface area is 198 Å². The molecule has 4 rings (SSSR count). The number of rotatable bonds is 8. The van der Waals surface area contributed by atoms with Crippen LogP contribution in [0.5, 0.6) is 0 Å². The smallest absolute Gasteiger partial charge is 0.352 e. The van der Waals surface area contributed by atoms with Crippen molar-refractivity contribution in [2.75, 3.05) is 18.5 Å². The number of benzene rings is 1. The van der Waals surface area contributed by atoms with Crippen molar-refractivity contribution in [2.45, 2.75) is 33.0 Å². The van der Waals surface area contributed by atoms with Gasteiger partial charge < -0.3 is 10.6 Å². The lowest BCUT2D eigenvalue weighted by Gasteiger charge is -2.12. The number of alkyl halides is 4. The molecule has 0 fully saturated rings. The lowest BCUT2D eigenvalue weighted by molar-refractivity contribution is -0.141. The van der Waals surface area contributed by atoms with Gasteiger partial charge in [-0.15, -0.1) is 0 Å².